The third-order valence-electron chi connectivity index (χ3n) is 3.24. The molecule has 19 heavy (non-hydrogen) atoms. The maximum Gasteiger partial charge on any atom is 0.309 e. The zero-order valence-electron chi connectivity index (χ0n) is 11.0. The van der Waals surface area contributed by atoms with Gasteiger partial charge in [0.05, 0.1) is 12.0 Å². The molecule has 2 atom stereocenters. The molecule has 0 radical (unpaired) electrons. The highest BCUT2D eigenvalue weighted by molar-refractivity contribution is 9.10. The predicted octanol–water partition coefficient (Wildman–Crippen LogP) is 3.28. The standard InChI is InChI=1S/C13H16BrNO3S/c1-13(2,3)15-10(16)5-8(12(17)18)11(15)9-4-7(14)6-19-9/h4,6,8,11H,5H2,1-3H3,(H,17,18). The smallest absolute Gasteiger partial charge is 0.309 e. The van der Waals surface area contributed by atoms with E-state index in [1.54, 1.807) is 4.90 Å². The van der Waals surface area contributed by atoms with Crippen LogP contribution in [-0.4, -0.2) is 27.4 Å². The molecule has 1 aliphatic heterocycles. The first-order valence-electron chi connectivity index (χ1n) is 6.00. The number of rotatable bonds is 2. The molecule has 1 aromatic heterocycles. The lowest BCUT2D eigenvalue weighted by atomic mass is 9.96. The molecule has 6 heteroatoms. The van der Waals surface area contributed by atoms with Gasteiger partial charge < -0.3 is 10.0 Å². The first-order valence-corrected chi connectivity index (χ1v) is 7.68. The van der Waals surface area contributed by atoms with E-state index in [9.17, 15) is 14.7 Å². The molecular formula is C13H16BrNO3S. The van der Waals surface area contributed by atoms with Crippen molar-refractivity contribution in [1.82, 2.24) is 4.90 Å². The maximum atomic E-state index is 12.2. The molecule has 0 saturated carbocycles. The van der Waals surface area contributed by atoms with Crippen molar-refractivity contribution in [1.29, 1.82) is 0 Å². The summed E-state index contributed by atoms with van der Waals surface area (Å²) in [4.78, 5) is 26.2. The van der Waals surface area contributed by atoms with Crippen LogP contribution in [0.2, 0.25) is 0 Å². The number of thiophene rings is 1. The normalized spacial score (nSPS) is 24.0. The molecule has 0 aliphatic carbocycles. The topological polar surface area (TPSA) is 57.6 Å². The summed E-state index contributed by atoms with van der Waals surface area (Å²) in [7, 11) is 0. The molecule has 0 bridgehead atoms. The van der Waals surface area contributed by atoms with Gasteiger partial charge in [-0.25, -0.2) is 0 Å². The Morgan fingerprint density at radius 3 is 2.58 bits per heavy atom. The lowest BCUT2D eigenvalue weighted by Crippen LogP contribution is -2.44. The van der Waals surface area contributed by atoms with E-state index >= 15 is 0 Å². The van der Waals surface area contributed by atoms with Crippen LogP contribution < -0.4 is 0 Å². The number of hydrogen-bond acceptors (Lipinski definition) is 3. The van der Waals surface area contributed by atoms with E-state index in [1.807, 2.05) is 32.2 Å². The Balaban J connectivity index is 2.47. The number of carboxylic acid groups (broad SMARTS) is 1. The average Bonchev–Trinajstić information content (AvgIpc) is 2.80. The summed E-state index contributed by atoms with van der Waals surface area (Å²) >= 11 is 4.87. The third kappa shape index (κ3) is 2.69. The highest BCUT2D eigenvalue weighted by atomic mass is 79.9. The van der Waals surface area contributed by atoms with Crippen LogP contribution in [0.15, 0.2) is 15.9 Å². The molecule has 1 aliphatic rings. The van der Waals surface area contributed by atoms with Gasteiger partial charge in [0, 0.05) is 26.7 Å². The molecule has 1 fully saturated rings. The van der Waals surface area contributed by atoms with Crippen LogP contribution in [0.5, 0.6) is 0 Å². The fraction of sp³-hybridized carbons (Fsp3) is 0.538. The minimum absolute atomic E-state index is 0.0762. The molecule has 2 rings (SSSR count). The second-order valence-corrected chi connectivity index (χ2v) is 7.55. The highest BCUT2D eigenvalue weighted by Crippen LogP contribution is 2.44. The van der Waals surface area contributed by atoms with Crippen molar-refractivity contribution in [3.8, 4) is 0 Å². The number of carboxylic acids is 1. The first kappa shape index (κ1) is 14.5. The lowest BCUT2D eigenvalue weighted by molar-refractivity contribution is -0.142. The van der Waals surface area contributed by atoms with Crippen LogP contribution >= 0.6 is 27.3 Å². The molecular weight excluding hydrogens is 330 g/mol. The maximum absolute atomic E-state index is 12.2. The number of nitrogens with zero attached hydrogens (tertiary/aromatic N) is 1. The van der Waals surface area contributed by atoms with Gasteiger partial charge in [-0.1, -0.05) is 0 Å². The van der Waals surface area contributed by atoms with E-state index in [4.69, 9.17) is 0 Å². The third-order valence-corrected chi connectivity index (χ3v) is 5.01. The number of halogens is 1. The van der Waals surface area contributed by atoms with Crippen LogP contribution in [0, 0.1) is 5.92 Å². The average molecular weight is 346 g/mol. The lowest BCUT2D eigenvalue weighted by Gasteiger charge is -2.37. The molecule has 104 valence electrons. The van der Waals surface area contributed by atoms with E-state index in [0.717, 1.165) is 9.35 Å². The van der Waals surface area contributed by atoms with E-state index < -0.39 is 11.9 Å². The van der Waals surface area contributed by atoms with Gasteiger partial charge in [0.2, 0.25) is 5.91 Å². The molecule has 2 heterocycles. The minimum Gasteiger partial charge on any atom is -0.481 e. The van der Waals surface area contributed by atoms with Crippen molar-refractivity contribution in [3.63, 3.8) is 0 Å². The Hall–Kier alpha value is -0.880. The van der Waals surface area contributed by atoms with Crippen molar-refractivity contribution < 1.29 is 14.7 Å². The Morgan fingerprint density at radius 2 is 2.16 bits per heavy atom. The van der Waals surface area contributed by atoms with Gasteiger partial charge >= 0.3 is 5.97 Å². The van der Waals surface area contributed by atoms with Crippen LogP contribution in [0.4, 0.5) is 0 Å². The van der Waals surface area contributed by atoms with Gasteiger partial charge in [0.1, 0.15) is 0 Å². The summed E-state index contributed by atoms with van der Waals surface area (Å²) in [5, 5.41) is 11.3. The Labute approximate surface area is 124 Å². The second-order valence-electron chi connectivity index (χ2n) is 5.70. The van der Waals surface area contributed by atoms with Crippen molar-refractivity contribution >= 4 is 39.1 Å². The summed E-state index contributed by atoms with van der Waals surface area (Å²) in [5.41, 5.74) is -0.386. The summed E-state index contributed by atoms with van der Waals surface area (Å²) in [6, 6.07) is 1.53. The van der Waals surface area contributed by atoms with Crippen LogP contribution in [0.25, 0.3) is 0 Å². The van der Waals surface area contributed by atoms with E-state index in [1.165, 1.54) is 11.3 Å². The van der Waals surface area contributed by atoms with Crippen molar-refractivity contribution in [3.05, 3.63) is 20.8 Å². The van der Waals surface area contributed by atoms with Crippen LogP contribution in [0.1, 0.15) is 38.1 Å². The van der Waals surface area contributed by atoms with Gasteiger partial charge in [-0.3, -0.25) is 9.59 Å². The molecule has 1 amide bonds. The highest BCUT2D eigenvalue weighted by Gasteiger charge is 2.49. The van der Waals surface area contributed by atoms with Gasteiger partial charge in [0.25, 0.3) is 0 Å². The summed E-state index contributed by atoms with van der Waals surface area (Å²) in [5.74, 6) is -1.67. The monoisotopic (exact) mass is 345 g/mol. The summed E-state index contributed by atoms with van der Waals surface area (Å²) < 4.78 is 0.921. The van der Waals surface area contributed by atoms with E-state index in [0.29, 0.717) is 0 Å². The molecule has 2 unspecified atom stereocenters. The quantitative estimate of drug-likeness (QED) is 0.894. The van der Waals surface area contributed by atoms with Crippen molar-refractivity contribution in [2.45, 2.75) is 38.8 Å². The molecule has 1 N–H and O–H groups in total. The Bertz CT molecular complexity index is 520. The summed E-state index contributed by atoms with van der Waals surface area (Å²) in [6.45, 7) is 5.81. The van der Waals surface area contributed by atoms with Gasteiger partial charge in [-0.2, -0.15) is 0 Å². The number of hydrogen-bond donors (Lipinski definition) is 1. The predicted molar refractivity (Wildman–Crippen MR) is 77.1 cm³/mol. The summed E-state index contributed by atoms with van der Waals surface area (Å²) in [6.07, 6.45) is 0.0762. The molecule has 0 spiro atoms. The fourth-order valence-electron chi connectivity index (χ4n) is 2.56. The number of amides is 1. The SMILES string of the molecule is CC(C)(C)N1C(=O)CC(C(=O)O)C1c1cc(Br)cs1. The van der Waals surface area contributed by atoms with Gasteiger partial charge in [-0.05, 0) is 42.8 Å². The first-order chi connectivity index (χ1) is 8.71. The van der Waals surface area contributed by atoms with Crippen molar-refractivity contribution in [2.24, 2.45) is 5.92 Å². The van der Waals surface area contributed by atoms with Gasteiger partial charge in [-0.15, -0.1) is 11.3 Å². The minimum atomic E-state index is -0.908. The number of carbonyl (C=O) groups excluding carboxylic acids is 1. The van der Waals surface area contributed by atoms with E-state index in [-0.39, 0.29) is 23.9 Å². The van der Waals surface area contributed by atoms with Crippen LogP contribution in [-0.2, 0) is 9.59 Å². The molecule has 4 nitrogen and oxygen atoms in total. The second kappa shape index (κ2) is 4.90. The Morgan fingerprint density at radius 1 is 1.53 bits per heavy atom. The molecule has 1 saturated heterocycles. The zero-order valence-corrected chi connectivity index (χ0v) is 13.4. The molecule has 0 aromatic carbocycles. The van der Waals surface area contributed by atoms with Crippen molar-refractivity contribution in [2.75, 3.05) is 0 Å². The van der Waals surface area contributed by atoms with Crippen LogP contribution in [0.3, 0.4) is 0 Å². The molecule has 1 aromatic rings. The zero-order chi connectivity index (χ0) is 14.4. The number of carbonyl (C=O) groups is 2. The Kier molecular flexibility index (Phi) is 3.75. The largest absolute Gasteiger partial charge is 0.481 e. The van der Waals surface area contributed by atoms with Gasteiger partial charge in [0.15, 0.2) is 0 Å². The van der Waals surface area contributed by atoms with E-state index in [2.05, 4.69) is 15.9 Å². The number of aliphatic carboxylic acids is 1. The fourth-order valence-corrected chi connectivity index (χ4v) is 4.16. The number of likely N-dealkylation sites (tertiary alicyclic amines) is 1.